The van der Waals surface area contributed by atoms with Crippen molar-refractivity contribution in [1.29, 1.82) is 0 Å². The first-order valence-electron chi connectivity index (χ1n) is 14.4. The molecule has 0 saturated heterocycles. The SMILES string of the molecule is CC(C)(C)O.Cc1nc(C)c(-c2ccc(OCCc3ccc(F)cc3)cc2)c(-c2cc(F)c3c(c2)C=CCO3)c1CC(=O)O. The maximum atomic E-state index is 15.1. The maximum absolute atomic E-state index is 15.1. The fraction of sp³-hybridized carbons (Fsp3) is 0.278. The Bertz CT molecular complexity index is 1650. The van der Waals surface area contributed by atoms with Crippen molar-refractivity contribution >= 4 is 12.0 Å². The number of fused-ring (bicyclic) bond motifs is 1. The second-order valence-electron chi connectivity index (χ2n) is 11.6. The molecule has 0 radical (unpaired) electrons. The lowest BCUT2D eigenvalue weighted by molar-refractivity contribution is -0.136. The van der Waals surface area contributed by atoms with Gasteiger partial charge in [-0.1, -0.05) is 30.3 Å². The van der Waals surface area contributed by atoms with E-state index in [1.165, 1.54) is 18.2 Å². The monoisotopic (exact) mass is 601 g/mol. The fourth-order valence-electron chi connectivity index (χ4n) is 4.92. The minimum atomic E-state index is -0.998. The molecule has 0 aliphatic carbocycles. The van der Waals surface area contributed by atoms with Gasteiger partial charge >= 0.3 is 5.97 Å². The van der Waals surface area contributed by atoms with Gasteiger partial charge in [0.15, 0.2) is 11.6 Å². The molecule has 0 unspecified atom stereocenters. The number of aryl methyl sites for hydroxylation is 2. The summed E-state index contributed by atoms with van der Waals surface area (Å²) in [4.78, 5) is 16.5. The van der Waals surface area contributed by atoms with E-state index in [1.54, 1.807) is 45.9 Å². The predicted molar refractivity (Wildman–Crippen MR) is 168 cm³/mol. The third-order valence-corrected chi connectivity index (χ3v) is 6.71. The Labute approximate surface area is 256 Å². The smallest absolute Gasteiger partial charge is 0.307 e. The second-order valence-corrected chi connectivity index (χ2v) is 11.6. The molecule has 0 bridgehead atoms. The van der Waals surface area contributed by atoms with Crippen molar-refractivity contribution in [2.75, 3.05) is 13.2 Å². The Hall–Kier alpha value is -4.56. The Morgan fingerprint density at radius 2 is 1.61 bits per heavy atom. The minimum Gasteiger partial charge on any atom is -0.493 e. The molecule has 1 aliphatic rings. The molecule has 3 aromatic carbocycles. The van der Waals surface area contributed by atoms with Crippen LogP contribution in [0.1, 0.15) is 48.8 Å². The van der Waals surface area contributed by atoms with Gasteiger partial charge in [0, 0.05) is 28.9 Å². The van der Waals surface area contributed by atoms with Gasteiger partial charge in [-0.15, -0.1) is 0 Å². The zero-order valence-corrected chi connectivity index (χ0v) is 25.6. The Kier molecular flexibility index (Phi) is 10.2. The summed E-state index contributed by atoms with van der Waals surface area (Å²) in [5.74, 6) is -0.927. The van der Waals surface area contributed by atoms with E-state index in [0.29, 0.717) is 59.0 Å². The van der Waals surface area contributed by atoms with Crippen LogP contribution in [0, 0.1) is 25.5 Å². The number of pyridine rings is 1. The molecule has 0 atom stereocenters. The molecule has 6 nitrogen and oxygen atoms in total. The number of hydrogen-bond donors (Lipinski definition) is 2. The number of ether oxygens (including phenoxy) is 2. The number of carbonyl (C=O) groups is 1. The molecule has 4 aromatic rings. The van der Waals surface area contributed by atoms with Gasteiger partial charge in [0.2, 0.25) is 0 Å². The molecule has 0 spiro atoms. The van der Waals surface area contributed by atoms with E-state index >= 15 is 4.39 Å². The van der Waals surface area contributed by atoms with Crippen molar-refractivity contribution < 1.29 is 33.3 Å². The van der Waals surface area contributed by atoms with Crippen LogP contribution in [0.3, 0.4) is 0 Å². The van der Waals surface area contributed by atoms with Crippen LogP contribution >= 0.6 is 0 Å². The van der Waals surface area contributed by atoms with Gasteiger partial charge in [0.1, 0.15) is 18.2 Å². The highest BCUT2D eigenvalue weighted by Crippen LogP contribution is 2.41. The first-order valence-corrected chi connectivity index (χ1v) is 14.4. The number of benzene rings is 3. The van der Waals surface area contributed by atoms with Gasteiger partial charge in [-0.25, -0.2) is 8.78 Å². The average Bonchev–Trinajstić information content (AvgIpc) is 2.95. The third-order valence-electron chi connectivity index (χ3n) is 6.71. The number of hydrogen-bond acceptors (Lipinski definition) is 5. The summed E-state index contributed by atoms with van der Waals surface area (Å²) in [7, 11) is 0. The van der Waals surface area contributed by atoms with Crippen molar-refractivity contribution in [2.24, 2.45) is 0 Å². The average molecular weight is 602 g/mol. The van der Waals surface area contributed by atoms with Crippen molar-refractivity contribution in [1.82, 2.24) is 4.98 Å². The van der Waals surface area contributed by atoms with Crippen LogP contribution in [0.15, 0.2) is 66.7 Å². The van der Waals surface area contributed by atoms with Crippen LogP contribution < -0.4 is 9.47 Å². The molecule has 230 valence electrons. The summed E-state index contributed by atoms with van der Waals surface area (Å²) >= 11 is 0. The van der Waals surface area contributed by atoms with Crippen molar-refractivity contribution in [3.8, 4) is 33.8 Å². The molecule has 44 heavy (non-hydrogen) atoms. The van der Waals surface area contributed by atoms with Gasteiger partial charge in [0.05, 0.1) is 18.6 Å². The van der Waals surface area contributed by atoms with E-state index in [2.05, 4.69) is 4.98 Å². The number of aliphatic hydroxyl groups is 1. The van der Waals surface area contributed by atoms with Crippen molar-refractivity contribution in [3.63, 3.8) is 0 Å². The lowest BCUT2D eigenvalue weighted by Gasteiger charge is -2.21. The molecule has 0 amide bonds. The van der Waals surface area contributed by atoms with Crippen molar-refractivity contribution in [2.45, 2.75) is 53.1 Å². The van der Waals surface area contributed by atoms with E-state index in [4.69, 9.17) is 14.6 Å². The van der Waals surface area contributed by atoms with Gasteiger partial charge in [-0.2, -0.15) is 0 Å². The van der Waals surface area contributed by atoms with Crippen LogP contribution in [0.25, 0.3) is 28.3 Å². The topological polar surface area (TPSA) is 88.9 Å². The second kappa shape index (κ2) is 13.8. The number of nitrogens with zero attached hydrogens (tertiary/aromatic N) is 1. The predicted octanol–water partition coefficient (Wildman–Crippen LogP) is 7.74. The number of carboxylic acids is 1. The van der Waals surface area contributed by atoms with Crippen molar-refractivity contribution in [3.05, 3.63) is 106 Å². The molecule has 0 fully saturated rings. The minimum absolute atomic E-state index is 0.187. The number of halogens is 2. The molecule has 1 aliphatic heterocycles. The first kappa shape index (κ1) is 32.4. The van der Waals surface area contributed by atoms with Gasteiger partial charge in [-0.05, 0) is 105 Å². The lowest BCUT2D eigenvalue weighted by Crippen LogP contribution is -2.10. The Balaban J connectivity index is 0.000000818. The van der Waals surface area contributed by atoms with Crippen LogP contribution in [-0.4, -0.2) is 40.0 Å². The van der Waals surface area contributed by atoms with E-state index in [9.17, 15) is 14.3 Å². The molecule has 8 heteroatoms. The summed E-state index contributed by atoms with van der Waals surface area (Å²) in [6, 6.07) is 17.0. The molecule has 1 aromatic heterocycles. The van der Waals surface area contributed by atoms with Crippen LogP contribution in [0.2, 0.25) is 0 Å². The van der Waals surface area contributed by atoms with E-state index in [1.807, 2.05) is 43.3 Å². The largest absolute Gasteiger partial charge is 0.493 e. The molecule has 0 saturated carbocycles. The standard InChI is InChI=1S/C32H27F2NO4.C4H10O/c1-19-27(18-29(36)37)31(24-16-23-4-3-14-39-32(23)28(34)17-24)30(20(2)35-19)22-7-11-26(12-8-22)38-15-13-21-5-9-25(33)10-6-21;1-4(2,3)5/h3-12,16-17H,13-15,18H2,1-2H3,(H,36,37);5H,1-3H3. The molecular formula is C36H37F2NO5. The highest BCUT2D eigenvalue weighted by molar-refractivity contribution is 5.91. The highest BCUT2D eigenvalue weighted by atomic mass is 19.1. The van der Waals surface area contributed by atoms with Crippen LogP contribution in [0.4, 0.5) is 8.78 Å². The number of aliphatic carboxylic acids is 1. The maximum Gasteiger partial charge on any atom is 0.307 e. The molecular weight excluding hydrogens is 564 g/mol. The Morgan fingerprint density at radius 3 is 2.25 bits per heavy atom. The van der Waals surface area contributed by atoms with Gasteiger partial charge < -0.3 is 19.7 Å². The molecule has 2 N–H and O–H groups in total. The van der Waals surface area contributed by atoms with Crippen LogP contribution in [-0.2, 0) is 17.6 Å². The number of carboxylic acid groups (broad SMARTS) is 1. The fourth-order valence-corrected chi connectivity index (χ4v) is 4.92. The van der Waals surface area contributed by atoms with E-state index < -0.39 is 17.4 Å². The zero-order chi connectivity index (χ0) is 32.0. The normalized spacial score (nSPS) is 12.1. The molecule has 2 heterocycles. The summed E-state index contributed by atoms with van der Waals surface area (Å²) in [6.07, 6.45) is 3.99. The zero-order valence-electron chi connectivity index (χ0n) is 25.6. The summed E-state index contributed by atoms with van der Waals surface area (Å²) in [5.41, 5.74) is 5.61. The third kappa shape index (κ3) is 8.51. The van der Waals surface area contributed by atoms with E-state index in [0.717, 1.165) is 16.7 Å². The van der Waals surface area contributed by atoms with E-state index in [-0.39, 0.29) is 18.0 Å². The number of rotatable bonds is 8. The summed E-state index contributed by atoms with van der Waals surface area (Å²) in [5, 5.41) is 18.2. The van der Waals surface area contributed by atoms with Gasteiger partial charge in [0.25, 0.3) is 0 Å². The summed E-state index contributed by atoms with van der Waals surface area (Å²) in [6.45, 7) is 9.58. The Morgan fingerprint density at radius 1 is 0.955 bits per heavy atom. The van der Waals surface area contributed by atoms with Gasteiger partial charge in [-0.3, -0.25) is 9.78 Å². The molecule has 5 rings (SSSR count). The summed E-state index contributed by atoms with van der Waals surface area (Å²) < 4.78 is 39.6. The van der Waals surface area contributed by atoms with Crippen LogP contribution in [0.5, 0.6) is 11.5 Å². The quantitative estimate of drug-likeness (QED) is 0.215. The lowest BCUT2D eigenvalue weighted by atomic mass is 9.87. The number of aromatic nitrogens is 1. The first-order chi connectivity index (χ1) is 20.8. The highest BCUT2D eigenvalue weighted by Gasteiger charge is 2.23.